The van der Waals surface area contributed by atoms with Crippen LogP contribution in [0.15, 0.2) is 24.3 Å². The SMILES string of the molecule is Oc1ccc(-c2nc(Cl)c(C3CCCC3)c(Cl)n2)cc1. The van der Waals surface area contributed by atoms with Crippen molar-refractivity contribution >= 4 is 23.2 Å². The fourth-order valence-electron chi connectivity index (χ4n) is 2.71. The van der Waals surface area contributed by atoms with Gasteiger partial charge in [-0.2, -0.15) is 0 Å². The predicted octanol–water partition coefficient (Wildman–Crippen LogP) is 4.81. The van der Waals surface area contributed by atoms with E-state index in [2.05, 4.69) is 9.97 Å². The monoisotopic (exact) mass is 308 g/mol. The van der Waals surface area contributed by atoms with Crippen LogP contribution in [-0.2, 0) is 0 Å². The molecule has 1 heterocycles. The van der Waals surface area contributed by atoms with E-state index in [0.29, 0.717) is 22.0 Å². The second-order valence-electron chi connectivity index (χ2n) is 5.07. The van der Waals surface area contributed by atoms with Crippen molar-refractivity contribution in [3.05, 3.63) is 40.1 Å². The molecule has 0 saturated heterocycles. The third kappa shape index (κ3) is 2.60. The van der Waals surface area contributed by atoms with Crippen LogP contribution >= 0.6 is 23.2 Å². The average molecular weight is 309 g/mol. The highest BCUT2D eigenvalue weighted by Crippen LogP contribution is 2.40. The summed E-state index contributed by atoms with van der Waals surface area (Å²) in [7, 11) is 0. The third-order valence-corrected chi connectivity index (χ3v) is 4.32. The molecule has 104 valence electrons. The second kappa shape index (κ2) is 5.58. The molecule has 3 nitrogen and oxygen atoms in total. The molecule has 1 N–H and O–H groups in total. The molecular weight excluding hydrogens is 295 g/mol. The van der Waals surface area contributed by atoms with Gasteiger partial charge in [0, 0.05) is 11.1 Å². The molecular formula is C15H14Cl2N2O. The van der Waals surface area contributed by atoms with Gasteiger partial charge >= 0.3 is 0 Å². The van der Waals surface area contributed by atoms with Gasteiger partial charge in [0.05, 0.1) is 0 Å². The first-order valence-electron chi connectivity index (χ1n) is 6.67. The normalized spacial score (nSPS) is 15.7. The van der Waals surface area contributed by atoms with Crippen molar-refractivity contribution in [1.82, 2.24) is 9.97 Å². The molecule has 1 aromatic heterocycles. The van der Waals surface area contributed by atoms with Crippen LogP contribution in [0.2, 0.25) is 10.3 Å². The minimum Gasteiger partial charge on any atom is -0.508 e. The second-order valence-corrected chi connectivity index (χ2v) is 5.79. The van der Waals surface area contributed by atoms with Gasteiger partial charge in [-0.15, -0.1) is 0 Å². The van der Waals surface area contributed by atoms with E-state index in [1.54, 1.807) is 24.3 Å². The maximum absolute atomic E-state index is 9.31. The minimum atomic E-state index is 0.202. The lowest BCUT2D eigenvalue weighted by Gasteiger charge is -2.13. The summed E-state index contributed by atoms with van der Waals surface area (Å²) in [6.07, 6.45) is 4.61. The summed E-state index contributed by atoms with van der Waals surface area (Å²) in [5.41, 5.74) is 1.66. The number of nitrogens with zero attached hydrogens (tertiary/aromatic N) is 2. The molecule has 20 heavy (non-hydrogen) atoms. The third-order valence-electron chi connectivity index (χ3n) is 3.74. The predicted molar refractivity (Wildman–Crippen MR) is 80.4 cm³/mol. The highest BCUT2D eigenvalue weighted by Gasteiger charge is 2.24. The van der Waals surface area contributed by atoms with Gasteiger partial charge in [-0.1, -0.05) is 36.0 Å². The van der Waals surface area contributed by atoms with Gasteiger partial charge < -0.3 is 5.11 Å². The quantitative estimate of drug-likeness (QED) is 0.809. The van der Waals surface area contributed by atoms with E-state index in [9.17, 15) is 5.11 Å². The van der Waals surface area contributed by atoms with Gasteiger partial charge in [0.1, 0.15) is 16.1 Å². The Balaban J connectivity index is 2.00. The molecule has 2 aromatic rings. The Morgan fingerprint density at radius 3 is 2.05 bits per heavy atom. The van der Waals surface area contributed by atoms with E-state index in [0.717, 1.165) is 24.0 Å². The Kier molecular flexibility index (Phi) is 3.81. The molecule has 0 unspecified atom stereocenters. The number of benzene rings is 1. The number of aromatic hydroxyl groups is 1. The lowest BCUT2D eigenvalue weighted by Crippen LogP contribution is -2.01. The molecule has 5 heteroatoms. The van der Waals surface area contributed by atoms with Crippen molar-refractivity contribution in [2.75, 3.05) is 0 Å². The Morgan fingerprint density at radius 2 is 1.50 bits per heavy atom. The number of hydrogen-bond acceptors (Lipinski definition) is 3. The van der Waals surface area contributed by atoms with Crippen molar-refractivity contribution in [1.29, 1.82) is 0 Å². The van der Waals surface area contributed by atoms with E-state index < -0.39 is 0 Å². The summed E-state index contributed by atoms with van der Waals surface area (Å²) in [5.74, 6) is 1.07. The number of hydrogen-bond donors (Lipinski definition) is 1. The van der Waals surface area contributed by atoms with Crippen LogP contribution in [0, 0.1) is 0 Å². The van der Waals surface area contributed by atoms with Crippen LogP contribution in [0.1, 0.15) is 37.2 Å². The largest absolute Gasteiger partial charge is 0.508 e. The minimum absolute atomic E-state index is 0.202. The first-order chi connectivity index (χ1) is 9.65. The van der Waals surface area contributed by atoms with Gasteiger partial charge in [0.25, 0.3) is 0 Å². The molecule has 0 amide bonds. The molecule has 3 rings (SSSR count). The van der Waals surface area contributed by atoms with E-state index in [1.807, 2.05) is 0 Å². The maximum Gasteiger partial charge on any atom is 0.162 e. The fraction of sp³-hybridized carbons (Fsp3) is 0.333. The molecule has 0 atom stereocenters. The summed E-state index contributed by atoms with van der Waals surface area (Å²) in [6.45, 7) is 0. The van der Waals surface area contributed by atoms with Crippen LogP contribution < -0.4 is 0 Å². The molecule has 0 aliphatic heterocycles. The molecule has 1 fully saturated rings. The Labute approximate surface area is 127 Å². The summed E-state index contributed by atoms with van der Waals surface area (Å²) >= 11 is 12.6. The van der Waals surface area contributed by atoms with Crippen molar-refractivity contribution in [3.63, 3.8) is 0 Å². The summed E-state index contributed by atoms with van der Waals surface area (Å²) in [6, 6.07) is 6.66. The molecule has 1 saturated carbocycles. The van der Waals surface area contributed by atoms with Gasteiger partial charge in [-0.3, -0.25) is 0 Å². The van der Waals surface area contributed by atoms with Crippen LogP contribution in [0.5, 0.6) is 5.75 Å². The first-order valence-corrected chi connectivity index (χ1v) is 7.43. The Morgan fingerprint density at radius 1 is 0.950 bits per heavy atom. The molecule has 0 bridgehead atoms. The van der Waals surface area contributed by atoms with Gasteiger partial charge in [0.15, 0.2) is 5.82 Å². The van der Waals surface area contributed by atoms with Gasteiger partial charge in [0.2, 0.25) is 0 Å². The molecule has 1 aliphatic carbocycles. The standard InChI is InChI=1S/C15H14Cl2N2O/c16-13-12(9-3-1-2-4-9)14(17)19-15(18-13)10-5-7-11(20)8-6-10/h5-9,20H,1-4H2. The van der Waals surface area contributed by atoms with E-state index >= 15 is 0 Å². The molecule has 1 aromatic carbocycles. The zero-order chi connectivity index (χ0) is 14.1. The van der Waals surface area contributed by atoms with Crippen LogP contribution in [0.25, 0.3) is 11.4 Å². The maximum atomic E-state index is 9.31. The highest BCUT2D eigenvalue weighted by atomic mass is 35.5. The molecule has 1 aliphatic rings. The smallest absolute Gasteiger partial charge is 0.162 e. The lowest BCUT2D eigenvalue weighted by molar-refractivity contribution is 0.475. The summed E-state index contributed by atoms with van der Waals surface area (Å²) in [4.78, 5) is 8.73. The van der Waals surface area contributed by atoms with Crippen molar-refractivity contribution in [2.24, 2.45) is 0 Å². The number of halogens is 2. The highest BCUT2D eigenvalue weighted by molar-refractivity contribution is 6.34. The Bertz CT molecular complexity index is 599. The van der Waals surface area contributed by atoms with Gasteiger partial charge in [-0.25, -0.2) is 9.97 Å². The van der Waals surface area contributed by atoms with Gasteiger partial charge in [-0.05, 0) is 43.0 Å². The topological polar surface area (TPSA) is 46.0 Å². The Hall–Kier alpha value is -1.32. The van der Waals surface area contributed by atoms with E-state index in [1.165, 1.54) is 12.8 Å². The number of aromatic nitrogens is 2. The number of phenolic OH excluding ortho intramolecular Hbond substituents is 1. The summed E-state index contributed by atoms with van der Waals surface area (Å²) in [5, 5.41) is 10.2. The fourth-order valence-corrected chi connectivity index (χ4v) is 3.40. The zero-order valence-corrected chi connectivity index (χ0v) is 12.3. The van der Waals surface area contributed by atoms with E-state index in [-0.39, 0.29) is 5.75 Å². The summed E-state index contributed by atoms with van der Waals surface area (Å²) < 4.78 is 0. The van der Waals surface area contributed by atoms with Crippen LogP contribution in [-0.4, -0.2) is 15.1 Å². The van der Waals surface area contributed by atoms with Crippen molar-refractivity contribution < 1.29 is 5.11 Å². The molecule has 0 radical (unpaired) electrons. The lowest BCUT2D eigenvalue weighted by atomic mass is 10.0. The van der Waals surface area contributed by atoms with Crippen molar-refractivity contribution in [3.8, 4) is 17.1 Å². The van der Waals surface area contributed by atoms with E-state index in [4.69, 9.17) is 23.2 Å². The first kappa shape index (κ1) is 13.7. The zero-order valence-electron chi connectivity index (χ0n) is 10.8. The van der Waals surface area contributed by atoms with Crippen molar-refractivity contribution in [2.45, 2.75) is 31.6 Å². The van der Waals surface area contributed by atoms with Crippen LogP contribution in [0.4, 0.5) is 0 Å². The van der Waals surface area contributed by atoms with Crippen LogP contribution in [0.3, 0.4) is 0 Å². The molecule has 0 spiro atoms. The number of phenols is 1. The average Bonchev–Trinajstić information content (AvgIpc) is 2.92. The number of rotatable bonds is 2.